The van der Waals surface area contributed by atoms with Crippen molar-refractivity contribution in [3.8, 4) is 11.4 Å². The number of aryl methyl sites for hydroxylation is 1. The fraction of sp³-hybridized carbons (Fsp3) is 0.0952. The molecule has 1 heterocycles. The van der Waals surface area contributed by atoms with Gasteiger partial charge < -0.3 is 14.8 Å². The van der Waals surface area contributed by atoms with E-state index in [1.807, 2.05) is 24.5 Å². The van der Waals surface area contributed by atoms with Gasteiger partial charge in [0.05, 0.1) is 26.4 Å². The zero-order valence-corrected chi connectivity index (χ0v) is 19.2. The Hall–Kier alpha value is -2.91. The summed E-state index contributed by atoms with van der Waals surface area (Å²) in [5.74, 6) is -1.45. The number of para-hydroxylation sites is 1. The number of phenolic OH excluding ortho intramolecular Hbond substituents is 1. The minimum Gasteiger partial charge on any atom is -0.506 e. The highest BCUT2D eigenvalue weighted by molar-refractivity contribution is 9.11. The molecule has 30 heavy (non-hydrogen) atoms. The Labute approximate surface area is 189 Å². The molecular formula is C21H17Br2N3O4. The number of aromatic carboxylic acids is 1. The molecule has 3 aromatic rings. The summed E-state index contributed by atoms with van der Waals surface area (Å²) in [6.07, 6.45) is 1.50. The summed E-state index contributed by atoms with van der Waals surface area (Å²) in [7, 11) is 0. The van der Waals surface area contributed by atoms with Crippen LogP contribution in [0.2, 0.25) is 0 Å². The van der Waals surface area contributed by atoms with Gasteiger partial charge in [-0.2, -0.15) is 5.10 Å². The summed E-state index contributed by atoms with van der Waals surface area (Å²) in [4.78, 5) is 23.9. The monoisotopic (exact) mass is 533 g/mol. The SMILES string of the molecule is Cc1cc(/C=N\NC(=O)c2cc(Br)c(O)c(Br)c2)c(C)n1-c1ccccc1C(=O)O. The number of carboxylic acid groups (broad SMARTS) is 1. The molecule has 0 bridgehead atoms. The lowest BCUT2D eigenvalue weighted by Crippen LogP contribution is -2.17. The number of hydrogen-bond acceptors (Lipinski definition) is 4. The molecule has 1 aromatic heterocycles. The fourth-order valence-electron chi connectivity index (χ4n) is 3.06. The number of amides is 1. The van der Waals surface area contributed by atoms with Gasteiger partial charge in [-0.25, -0.2) is 10.2 Å². The van der Waals surface area contributed by atoms with Crippen LogP contribution in [0.4, 0.5) is 0 Å². The highest BCUT2D eigenvalue weighted by Gasteiger charge is 2.16. The van der Waals surface area contributed by atoms with Crippen molar-refractivity contribution < 1.29 is 19.8 Å². The zero-order valence-electron chi connectivity index (χ0n) is 16.0. The quantitative estimate of drug-likeness (QED) is 0.323. The van der Waals surface area contributed by atoms with E-state index in [4.69, 9.17) is 0 Å². The van der Waals surface area contributed by atoms with E-state index in [1.165, 1.54) is 18.3 Å². The topological polar surface area (TPSA) is 104 Å². The number of phenols is 1. The molecule has 0 atom stereocenters. The van der Waals surface area contributed by atoms with E-state index in [9.17, 15) is 19.8 Å². The van der Waals surface area contributed by atoms with Gasteiger partial charge in [-0.05, 0) is 76.0 Å². The van der Waals surface area contributed by atoms with Gasteiger partial charge in [0.2, 0.25) is 0 Å². The molecule has 0 aliphatic rings. The summed E-state index contributed by atoms with van der Waals surface area (Å²) in [5.41, 5.74) is 5.87. The molecule has 7 nitrogen and oxygen atoms in total. The predicted octanol–water partition coefficient (Wildman–Crippen LogP) is 4.79. The minimum absolute atomic E-state index is 0.00383. The lowest BCUT2D eigenvalue weighted by atomic mass is 10.1. The normalized spacial score (nSPS) is 11.1. The van der Waals surface area contributed by atoms with Crippen LogP contribution in [0.15, 0.2) is 56.5 Å². The third-order valence-corrected chi connectivity index (χ3v) is 5.70. The van der Waals surface area contributed by atoms with Crippen LogP contribution >= 0.6 is 31.9 Å². The maximum Gasteiger partial charge on any atom is 0.337 e. The number of hydrazone groups is 1. The number of halogens is 2. The first-order valence-electron chi connectivity index (χ1n) is 8.73. The van der Waals surface area contributed by atoms with Crippen molar-refractivity contribution in [1.82, 2.24) is 9.99 Å². The van der Waals surface area contributed by atoms with E-state index < -0.39 is 11.9 Å². The van der Waals surface area contributed by atoms with E-state index in [2.05, 4.69) is 42.4 Å². The molecule has 0 unspecified atom stereocenters. The van der Waals surface area contributed by atoms with Crippen molar-refractivity contribution in [3.05, 3.63) is 79.5 Å². The van der Waals surface area contributed by atoms with Crippen LogP contribution in [0.5, 0.6) is 5.75 Å². The van der Waals surface area contributed by atoms with Crippen LogP contribution in [0, 0.1) is 13.8 Å². The predicted molar refractivity (Wildman–Crippen MR) is 121 cm³/mol. The molecule has 1 amide bonds. The van der Waals surface area contributed by atoms with Crippen LogP contribution in [0.3, 0.4) is 0 Å². The number of nitrogens with one attached hydrogen (secondary N) is 1. The first-order chi connectivity index (χ1) is 14.2. The second kappa shape index (κ2) is 8.85. The lowest BCUT2D eigenvalue weighted by molar-refractivity contribution is 0.0696. The third-order valence-electron chi connectivity index (χ3n) is 4.49. The zero-order chi connectivity index (χ0) is 22.0. The van der Waals surface area contributed by atoms with E-state index in [-0.39, 0.29) is 11.3 Å². The molecule has 0 fully saturated rings. The molecule has 0 aliphatic heterocycles. The number of carbonyl (C=O) groups excluding carboxylic acids is 1. The molecule has 0 spiro atoms. The van der Waals surface area contributed by atoms with Gasteiger partial charge in [0.1, 0.15) is 5.75 Å². The summed E-state index contributed by atoms with van der Waals surface area (Å²) in [6.45, 7) is 3.72. The summed E-state index contributed by atoms with van der Waals surface area (Å²) < 4.78 is 2.60. The van der Waals surface area contributed by atoms with Crippen molar-refractivity contribution in [2.24, 2.45) is 5.10 Å². The number of benzene rings is 2. The molecule has 2 aromatic carbocycles. The number of nitrogens with zero attached hydrogens (tertiary/aromatic N) is 2. The van der Waals surface area contributed by atoms with E-state index in [0.29, 0.717) is 20.2 Å². The number of carboxylic acids is 1. The molecule has 3 N–H and O–H groups in total. The fourth-order valence-corrected chi connectivity index (χ4v) is 4.25. The van der Waals surface area contributed by atoms with Crippen molar-refractivity contribution >= 4 is 50.0 Å². The lowest BCUT2D eigenvalue weighted by Gasteiger charge is -2.12. The summed E-state index contributed by atoms with van der Waals surface area (Å²) >= 11 is 6.37. The third kappa shape index (κ3) is 4.31. The number of aromatic nitrogens is 1. The van der Waals surface area contributed by atoms with Crippen LogP contribution in [-0.4, -0.2) is 32.9 Å². The van der Waals surface area contributed by atoms with Crippen LogP contribution in [0.1, 0.15) is 37.7 Å². The van der Waals surface area contributed by atoms with Gasteiger partial charge in [-0.3, -0.25) is 4.79 Å². The van der Waals surface area contributed by atoms with Crippen LogP contribution < -0.4 is 5.43 Å². The van der Waals surface area contributed by atoms with Gasteiger partial charge in [-0.15, -0.1) is 0 Å². The molecule has 3 rings (SSSR count). The molecule has 0 saturated heterocycles. The van der Waals surface area contributed by atoms with Crippen molar-refractivity contribution in [2.75, 3.05) is 0 Å². The average molecular weight is 535 g/mol. The van der Waals surface area contributed by atoms with E-state index in [1.54, 1.807) is 24.3 Å². The van der Waals surface area contributed by atoms with Gasteiger partial charge in [-0.1, -0.05) is 12.1 Å². The van der Waals surface area contributed by atoms with Gasteiger partial charge in [0.25, 0.3) is 5.91 Å². The Kier molecular flexibility index (Phi) is 6.42. The van der Waals surface area contributed by atoms with E-state index >= 15 is 0 Å². The Morgan fingerprint density at radius 1 is 1.10 bits per heavy atom. The van der Waals surface area contributed by atoms with Gasteiger partial charge in [0, 0.05) is 22.5 Å². The average Bonchev–Trinajstić information content (AvgIpc) is 2.98. The Morgan fingerprint density at radius 3 is 2.37 bits per heavy atom. The Balaban J connectivity index is 1.85. The number of hydrogen-bond donors (Lipinski definition) is 3. The van der Waals surface area contributed by atoms with Gasteiger partial charge in [0.15, 0.2) is 0 Å². The number of carbonyl (C=O) groups is 2. The smallest absolute Gasteiger partial charge is 0.337 e. The molecular weight excluding hydrogens is 518 g/mol. The van der Waals surface area contributed by atoms with Crippen molar-refractivity contribution in [1.29, 1.82) is 0 Å². The van der Waals surface area contributed by atoms with Crippen LogP contribution in [0.25, 0.3) is 5.69 Å². The van der Waals surface area contributed by atoms with E-state index in [0.717, 1.165) is 17.0 Å². The molecule has 154 valence electrons. The Bertz CT molecular complexity index is 1160. The summed E-state index contributed by atoms with van der Waals surface area (Å²) in [6, 6.07) is 11.6. The number of aromatic hydroxyl groups is 1. The first kappa shape index (κ1) is 21.8. The van der Waals surface area contributed by atoms with Crippen molar-refractivity contribution in [2.45, 2.75) is 13.8 Å². The highest BCUT2D eigenvalue weighted by Crippen LogP contribution is 2.33. The minimum atomic E-state index is -1.01. The standard InChI is InChI=1S/C21H17Br2N3O4/c1-11-7-14(12(2)26(11)18-6-4-3-5-15(18)21(29)30)10-24-25-20(28)13-8-16(22)19(27)17(23)9-13/h3-10,27H,1-2H3,(H,25,28)(H,29,30)/b24-10-. The summed E-state index contributed by atoms with van der Waals surface area (Å²) in [5, 5.41) is 23.2. The largest absolute Gasteiger partial charge is 0.506 e. The highest BCUT2D eigenvalue weighted by atomic mass is 79.9. The Morgan fingerprint density at radius 2 is 1.73 bits per heavy atom. The maximum atomic E-state index is 12.3. The molecule has 9 heteroatoms. The van der Waals surface area contributed by atoms with Gasteiger partial charge >= 0.3 is 5.97 Å². The van der Waals surface area contributed by atoms with Crippen molar-refractivity contribution in [3.63, 3.8) is 0 Å². The molecule has 0 radical (unpaired) electrons. The second-order valence-corrected chi connectivity index (χ2v) is 8.18. The second-order valence-electron chi connectivity index (χ2n) is 6.47. The molecule has 0 aliphatic carbocycles. The maximum absolute atomic E-state index is 12.3. The first-order valence-corrected chi connectivity index (χ1v) is 10.3. The molecule has 0 saturated carbocycles. The number of rotatable bonds is 5. The van der Waals surface area contributed by atoms with Crippen LogP contribution in [-0.2, 0) is 0 Å².